The number of benzene rings is 2. The molecule has 2 aliphatic heterocycles. The molecule has 0 radical (unpaired) electrons. The highest BCUT2D eigenvalue weighted by atomic mass is 16.5. The van der Waals surface area contributed by atoms with Crippen molar-refractivity contribution in [3.63, 3.8) is 0 Å². The maximum absolute atomic E-state index is 10.7. The van der Waals surface area contributed by atoms with E-state index in [-0.39, 0.29) is 11.1 Å². The average Bonchev–Trinajstić information content (AvgIpc) is 3.06. The molecule has 0 unspecified atom stereocenters. The van der Waals surface area contributed by atoms with Crippen LogP contribution in [0.3, 0.4) is 0 Å². The summed E-state index contributed by atoms with van der Waals surface area (Å²) in [6.45, 7) is 26.6. The zero-order chi connectivity index (χ0) is 37.7. The molecule has 0 saturated heterocycles. The van der Waals surface area contributed by atoms with Crippen LogP contribution in [-0.2, 0) is 9.59 Å². The summed E-state index contributed by atoms with van der Waals surface area (Å²) < 4.78 is 11.0. The quantitative estimate of drug-likeness (QED) is 0.192. The lowest BCUT2D eigenvalue weighted by Gasteiger charge is -2.31. The molecule has 0 fully saturated rings. The van der Waals surface area contributed by atoms with Crippen LogP contribution in [0.1, 0.15) is 158 Å². The van der Waals surface area contributed by atoms with Crippen LogP contribution in [-0.4, -0.2) is 35.9 Å². The number of anilines is 2. The average molecular weight is 691 g/mol. The van der Waals surface area contributed by atoms with Gasteiger partial charge in [-0.1, -0.05) is 65.5 Å². The van der Waals surface area contributed by atoms with Gasteiger partial charge in [-0.3, -0.25) is 9.59 Å². The van der Waals surface area contributed by atoms with Gasteiger partial charge in [-0.15, -0.1) is 0 Å². The summed E-state index contributed by atoms with van der Waals surface area (Å²) in [6, 6.07) is 12.4. The minimum absolute atomic E-state index is 0.0320. The molecule has 50 heavy (non-hydrogen) atoms. The molecular weight excluding hydrogens is 620 g/mol. The molecule has 4 rings (SSSR count). The van der Waals surface area contributed by atoms with E-state index in [0.29, 0.717) is 37.6 Å². The third-order valence-electron chi connectivity index (χ3n) is 8.43. The number of hydrogen-bond acceptors (Lipinski definition) is 6. The first kappa shape index (κ1) is 44.5. The zero-order valence-electron chi connectivity index (χ0n) is 33.7. The summed E-state index contributed by atoms with van der Waals surface area (Å²) in [7, 11) is 0. The molecule has 6 heteroatoms. The summed E-state index contributed by atoms with van der Waals surface area (Å²) in [6.07, 6.45) is 14.5. The van der Waals surface area contributed by atoms with Crippen molar-refractivity contribution in [1.82, 2.24) is 0 Å². The van der Waals surface area contributed by atoms with E-state index in [0.717, 1.165) is 37.2 Å². The first-order chi connectivity index (χ1) is 23.6. The Morgan fingerprint density at radius 2 is 0.940 bits per heavy atom. The highest BCUT2D eigenvalue weighted by Gasteiger charge is 2.23. The molecule has 0 spiro atoms. The van der Waals surface area contributed by atoms with Gasteiger partial charge in [0.1, 0.15) is 23.1 Å². The number of carbonyl (C=O) groups is 2. The minimum atomic E-state index is 0.0320. The normalized spacial score (nSPS) is 14.4. The Bertz CT molecular complexity index is 1280. The number of hydrogen-bond donors (Lipinski definition) is 2. The van der Waals surface area contributed by atoms with E-state index in [1.807, 2.05) is 39.8 Å². The summed E-state index contributed by atoms with van der Waals surface area (Å²) in [5, 5.41) is 7.01. The summed E-state index contributed by atoms with van der Waals surface area (Å²) in [5.74, 6) is 2.69. The number of Topliss-reactive ketones (excluding diaryl/α,β-unsaturated/α-hetero) is 2. The molecule has 0 atom stereocenters. The van der Waals surface area contributed by atoms with Crippen LogP contribution < -0.4 is 20.1 Å². The monoisotopic (exact) mass is 691 g/mol. The van der Waals surface area contributed by atoms with Crippen LogP contribution in [0.2, 0.25) is 0 Å². The van der Waals surface area contributed by atoms with Gasteiger partial charge in [-0.25, -0.2) is 0 Å². The first-order valence-electron chi connectivity index (χ1n) is 19.2. The van der Waals surface area contributed by atoms with E-state index in [1.165, 1.54) is 59.3 Å². The molecule has 0 saturated carbocycles. The van der Waals surface area contributed by atoms with Gasteiger partial charge in [0, 0.05) is 48.2 Å². The molecule has 0 bridgehead atoms. The fraction of sp³-hybridized carbons (Fsp3) is 0.591. The molecule has 2 N–H and O–H groups in total. The van der Waals surface area contributed by atoms with Gasteiger partial charge in [0.25, 0.3) is 0 Å². The largest absolute Gasteiger partial charge is 0.494 e. The molecule has 2 aromatic rings. The lowest BCUT2D eigenvalue weighted by atomic mass is 9.91. The van der Waals surface area contributed by atoms with Crippen molar-refractivity contribution < 1.29 is 19.1 Å². The van der Waals surface area contributed by atoms with Crippen molar-refractivity contribution in [2.75, 3.05) is 23.8 Å². The third-order valence-corrected chi connectivity index (χ3v) is 8.43. The first-order valence-corrected chi connectivity index (χ1v) is 19.2. The fourth-order valence-corrected chi connectivity index (χ4v) is 5.93. The smallest absolute Gasteiger partial charge is 0.132 e. The summed E-state index contributed by atoms with van der Waals surface area (Å²) >= 11 is 0. The van der Waals surface area contributed by atoms with Crippen molar-refractivity contribution in [3.8, 4) is 11.5 Å². The van der Waals surface area contributed by atoms with Crippen LogP contribution in [0.25, 0.3) is 11.1 Å². The van der Waals surface area contributed by atoms with Gasteiger partial charge in [-0.2, -0.15) is 0 Å². The zero-order valence-corrected chi connectivity index (χ0v) is 33.7. The lowest BCUT2D eigenvalue weighted by molar-refractivity contribution is -0.119. The van der Waals surface area contributed by atoms with Crippen molar-refractivity contribution in [2.24, 2.45) is 0 Å². The Morgan fingerprint density at radius 1 is 0.580 bits per heavy atom. The van der Waals surface area contributed by atoms with Crippen LogP contribution in [0.4, 0.5) is 11.4 Å². The SMILES string of the molecule is CCCCCC(=O)CC.CCCCCC(=O)CC.CCOc1ccc2c(c1)C(C)=CC(C)(C)N2.CCOc1ccc2c(c1)C(C)=CC(C)(C)N2. The van der Waals surface area contributed by atoms with Crippen LogP contribution in [0.5, 0.6) is 11.5 Å². The molecule has 2 aliphatic rings. The maximum atomic E-state index is 10.7. The van der Waals surface area contributed by atoms with Crippen LogP contribution in [0, 0.1) is 0 Å². The standard InChI is InChI=1S/2C14H19NO.2C8H16O/c2*1-5-16-11-6-7-13-12(8-11)10(2)9-14(3,4)15-13;2*1-3-5-6-7-8(9)4-2/h2*6-9,15H,5H2,1-4H3;2*3-7H2,1-2H3. The van der Waals surface area contributed by atoms with Gasteiger partial charge < -0.3 is 20.1 Å². The molecule has 0 amide bonds. The maximum Gasteiger partial charge on any atom is 0.132 e. The Kier molecular flexibility index (Phi) is 20.5. The van der Waals surface area contributed by atoms with Crippen molar-refractivity contribution >= 4 is 34.1 Å². The fourth-order valence-electron chi connectivity index (χ4n) is 5.93. The molecule has 2 aromatic carbocycles. The summed E-state index contributed by atoms with van der Waals surface area (Å²) in [5.41, 5.74) is 7.53. The van der Waals surface area contributed by atoms with E-state index in [2.05, 4.69) is 102 Å². The predicted molar refractivity (Wildman–Crippen MR) is 217 cm³/mol. The number of fused-ring (bicyclic) bond motifs is 2. The number of carbonyl (C=O) groups excluding carboxylic acids is 2. The van der Waals surface area contributed by atoms with Gasteiger partial charge in [-0.05, 0) is 116 Å². The van der Waals surface area contributed by atoms with Crippen molar-refractivity contribution in [1.29, 1.82) is 0 Å². The minimum Gasteiger partial charge on any atom is -0.494 e. The number of rotatable bonds is 14. The molecular formula is C44H70N2O4. The summed E-state index contributed by atoms with van der Waals surface area (Å²) in [4.78, 5) is 21.4. The Labute approximate surface area is 305 Å². The number of unbranched alkanes of at least 4 members (excludes halogenated alkanes) is 4. The number of ketones is 2. The molecule has 6 nitrogen and oxygen atoms in total. The number of ether oxygens (including phenoxy) is 2. The van der Waals surface area contributed by atoms with Gasteiger partial charge in [0.15, 0.2) is 0 Å². The Balaban J connectivity index is 0.000000348. The highest BCUT2D eigenvalue weighted by molar-refractivity contribution is 5.82. The number of allylic oxidation sites excluding steroid dienone is 2. The van der Waals surface area contributed by atoms with E-state index in [4.69, 9.17) is 9.47 Å². The second kappa shape index (κ2) is 23.0. The van der Waals surface area contributed by atoms with Crippen LogP contribution >= 0.6 is 0 Å². The number of nitrogens with one attached hydrogen (secondary N) is 2. The third kappa shape index (κ3) is 16.9. The predicted octanol–water partition coefficient (Wildman–Crippen LogP) is 12.5. The van der Waals surface area contributed by atoms with Crippen molar-refractivity contribution in [2.45, 2.75) is 158 Å². The van der Waals surface area contributed by atoms with Gasteiger partial charge in [0.05, 0.1) is 24.3 Å². The molecule has 280 valence electrons. The second-order valence-corrected chi connectivity index (χ2v) is 14.3. The Morgan fingerprint density at radius 3 is 1.24 bits per heavy atom. The Hall–Kier alpha value is -3.54. The lowest BCUT2D eigenvalue weighted by Crippen LogP contribution is -2.31. The van der Waals surface area contributed by atoms with Crippen molar-refractivity contribution in [3.05, 3.63) is 59.7 Å². The molecule has 2 heterocycles. The van der Waals surface area contributed by atoms with E-state index in [1.54, 1.807) is 0 Å². The highest BCUT2D eigenvalue weighted by Crippen LogP contribution is 2.36. The van der Waals surface area contributed by atoms with Gasteiger partial charge in [0.2, 0.25) is 0 Å². The van der Waals surface area contributed by atoms with E-state index >= 15 is 0 Å². The topological polar surface area (TPSA) is 76.7 Å². The van der Waals surface area contributed by atoms with E-state index in [9.17, 15) is 9.59 Å². The second-order valence-electron chi connectivity index (χ2n) is 14.3. The molecule has 0 aliphatic carbocycles. The van der Waals surface area contributed by atoms with E-state index < -0.39 is 0 Å². The van der Waals surface area contributed by atoms with Gasteiger partial charge >= 0.3 is 0 Å². The molecule has 0 aromatic heterocycles. The van der Waals surface area contributed by atoms with Crippen LogP contribution in [0.15, 0.2) is 48.6 Å².